The Balaban J connectivity index is 1.85. The van der Waals surface area contributed by atoms with Crippen molar-refractivity contribution in [2.45, 2.75) is 38.1 Å². The van der Waals surface area contributed by atoms with E-state index in [9.17, 15) is 9.59 Å². The highest BCUT2D eigenvalue weighted by atomic mass is 16.4. The highest BCUT2D eigenvalue weighted by molar-refractivity contribution is 5.97. The minimum Gasteiger partial charge on any atom is -0.480 e. The second-order valence-corrected chi connectivity index (χ2v) is 5.33. The molecule has 1 aliphatic carbocycles. The molecule has 1 aromatic carbocycles. The van der Waals surface area contributed by atoms with Gasteiger partial charge in [0.25, 0.3) is 5.91 Å². The molecule has 0 bridgehead atoms. The second kappa shape index (κ2) is 4.68. The van der Waals surface area contributed by atoms with Crippen LogP contribution >= 0.6 is 0 Å². The maximum Gasteiger partial charge on any atom is 0.326 e. The van der Waals surface area contributed by atoms with Crippen LogP contribution in [0.15, 0.2) is 18.2 Å². The van der Waals surface area contributed by atoms with Crippen molar-refractivity contribution >= 4 is 11.9 Å². The summed E-state index contributed by atoms with van der Waals surface area (Å²) in [6, 6.07) is 5.15. The molecule has 1 heterocycles. The van der Waals surface area contributed by atoms with Gasteiger partial charge in [0.1, 0.15) is 6.04 Å². The normalized spacial score (nSPS) is 21.5. The molecular weight excluding hydrogens is 242 g/mol. The highest BCUT2D eigenvalue weighted by Gasteiger charge is 2.34. The molecule has 1 fully saturated rings. The Bertz CT molecular complexity index is 538. The van der Waals surface area contributed by atoms with Crippen molar-refractivity contribution in [2.75, 3.05) is 6.54 Å². The summed E-state index contributed by atoms with van der Waals surface area (Å²) in [5.74, 6) is -1.04. The van der Waals surface area contributed by atoms with E-state index in [0.29, 0.717) is 18.5 Å². The molecule has 4 heteroatoms. The summed E-state index contributed by atoms with van der Waals surface area (Å²) in [5.41, 5.74) is 3.21. The van der Waals surface area contributed by atoms with Crippen molar-refractivity contribution in [3.8, 4) is 0 Å². The van der Waals surface area contributed by atoms with Gasteiger partial charge in [0.15, 0.2) is 0 Å². The number of aryl methyl sites for hydroxylation is 2. The number of nitrogens with zero attached hydrogens (tertiary/aromatic N) is 1. The van der Waals surface area contributed by atoms with E-state index in [-0.39, 0.29) is 5.91 Å². The van der Waals surface area contributed by atoms with Crippen LogP contribution in [0.4, 0.5) is 0 Å². The van der Waals surface area contributed by atoms with Crippen molar-refractivity contribution in [3.05, 3.63) is 34.9 Å². The molecule has 0 spiro atoms. The van der Waals surface area contributed by atoms with Gasteiger partial charge in [0.05, 0.1) is 0 Å². The van der Waals surface area contributed by atoms with E-state index in [1.54, 1.807) is 0 Å². The topological polar surface area (TPSA) is 57.6 Å². The van der Waals surface area contributed by atoms with E-state index in [1.807, 2.05) is 18.2 Å². The van der Waals surface area contributed by atoms with E-state index in [4.69, 9.17) is 5.11 Å². The van der Waals surface area contributed by atoms with Crippen molar-refractivity contribution in [3.63, 3.8) is 0 Å². The monoisotopic (exact) mass is 259 g/mol. The van der Waals surface area contributed by atoms with Gasteiger partial charge < -0.3 is 10.0 Å². The average molecular weight is 259 g/mol. The first kappa shape index (κ1) is 12.2. The number of likely N-dealkylation sites (tertiary alicyclic amines) is 1. The predicted octanol–water partition coefficient (Wildman–Crippen LogP) is 1.86. The Hall–Kier alpha value is -1.84. The highest BCUT2D eigenvalue weighted by Crippen LogP contribution is 2.25. The zero-order valence-electron chi connectivity index (χ0n) is 10.8. The summed E-state index contributed by atoms with van der Waals surface area (Å²) in [4.78, 5) is 25.1. The number of benzene rings is 1. The van der Waals surface area contributed by atoms with Gasteiger partial charge in [0, 0.05) is 12.1 Å². The molecule has 0 unspecified atom stereocenters. The van der Waals surface area contributed by atoms with Gasteiger partial charge in [-0.05, 0) is 55.4 Å². The maximum atomic E-state index is 12.4. The van der Waals surface area contributed by atoms with E-state index >= 15 is 0 Å². The molecule has 0 saturated carbocycles. The first-order valence-corrected chi connectivity index (χ1v) is 6.82. The lowest BCUT2D eigenvalue weighted by atomic mass is 10.1. The number of aliphatic carboxylic acids is 1. The van der Waals surface area contributed by atoms with Crippen LogP contribution < -0.4 is 0 Å². The van der Waals surface area contributed by atoms with Gasteiger partial charge in [-0.2, -0.15) is 0 Å². The van der Waals surface area contributed by atoms with E-state index < -0.39 is 12.0 Å². The number of carbonyl (C=O) groups excluding carboxylic acids is 1. The number of amides is 1. The van der Waals surface area contributed by atoms with Crippen molar-refractivity contribution in [1.29, 1.82) is 0 Å². The fourth-order valence-electron chi connectivity index (χ4n) is 3.14. The van der Waals surface area contributed by atoms with Crippen LogP contribution in [0.2, 0.25) is 0 Å². The van der Waals surface area contributed by atoms with Crippen LogP contribution in [0.1, 0.15) is 40.7 Å². The van der Waals surface area contributed by atoms with Gasteiger partial charge in [-0.15, -0.1) is 0 Å². The number of carbonyl (C=O) groups is 2. The SMILES string of the molecule is O=C(O)[C@H]1CCCN1C(=O)c1ccc2c(c1)CCC2. The molecule has 4 nitrogen and oxygen atoms in total. The molecule has 1 atom stereocenters. The minimum atomic E-state index is -0.896. The molecule has 1 aliphatic heterocycles. The second-order valence-electron chi connectivity index (χ2n) is 5.33. The molecule has 1 amide bonds. The van der Waals surface area contributed by atoms with E-state index in [1.165, 1.54) is 16.0 Å². The third kappa shape index (κ3) is 2.11. The molecule has 1 saturated heterocycles. The molecule has 3 rings (SSSR count). The summed E-state index contributed by atoms with van der Waals surface area (Å²) in [6.45, 7) is 0.548. The Kier molecular flexibility index (Phi) is 3.01. The van der Waals surface area contributed by atoms with Crippen molar-refractivity contribution in [1.82, 2.24) is 4.90 Å². The van der Waals surface area contributed by atoms with Crippen molar-refractivity contribution in [2.24, 2.45) is 0 Å². The summed E-state index contributed by atoms with van der Waals surface area (Å²) in [5, 5.41) is 9.14. The Morgan fingerprint density at radius 2 is 1.95 bits per heavy atom. The van der Waals surface area contributed by atoms with Gasteiger partial charge in [-0.1, -0.05) is 6.07 Å². The Morgan fingerprint density at radius 1 is 1.16 bits per heavy atom. The largest absolute Gasteiger partial charge is 0.480 e. The number of hydrogen-bond acceptors (Lipinski definition) is 2. The molecule has 0 aromatic heterocycles. The molecule has 2 aliphatic rings. The third-order valence-corrected chi connectivity index (χ3v) is 4.14. The standard InChI is InChI=1S/C15H17NO3/c17-14(16-8-2-5-13(16)15(18)19)12-7-6-10-3-1-4-11(10)9-12/h6-7,9,13H,1-5,8H2,(H,18,19)/t13-/m1/s1. The number of carboxylic acids is 1. The number of rotatable bonds is 2. The first-order chi connectivity index (χ1) is 9.16. The minimum absolute atomic E-state index is 0.139. The smallest absolute Gasteiger partial charge is 0.326 e. The lowest BCUT2D eigenvalue weighted by molar-refractivity contribution is -0.141. The van der Waals surface area contributed by atoms with E-state index in [2.05, 4.69) is 0 Å². The first-order valence-electron chi connectivity index (χ1n) is 6.82. The quantitative estimate of drug-likeness (QED) is 0.882. The lowest BCUT2D eigenvalue weighted by Crippen LogP contribution is -2.40. The zero-order chi connectivity index (χ0) is 13.4. The van der Waals surface area contributed by atoms with Gasteiger partial charge in [-0.25, -0.2) is 4.79 Å². The van der Waals surface area contributed by atoms with Crippen LogP contribution in [0.5, 0.6) is 0 Å². The molecule has 1 N–H and O–H groups in total. The van der Waals surface area contributed by atoms with Crippen LogP contribution in [-0.4, -0.2) is 34.5 Å². The fourth-order valence-corrected chi connectivity index (χ4v) is 3.14. The van der Waals surface area contributed by atoms with Crippen LogP contribution in [0, 0.1) is 0 Å². The molecular formula is C15H17NO3. The Labute approximate surface area is 112 Å². The van der Waals surface area contributed by atoms with Gasteiger partial charge in [0.2, 0.25) is 0 Å². The summed E-state index contributed by atoms with van der Waals surface area (Å²) < 4.78 is 0. The fraction of sp³-hybridized carbons (Fsp3) is 0.467. The van der Waals surface area contributed by atoms with Crippen LogP contribution in [0.3, 0.4) is 0 Å². The van der Waals surface area contributed by atoms with Crippen molar-refractivity contribution < 1.29 is 14.7 Å². The third-order valence-electron chi connectivity index (χ3n) is 4.14. The number of carboxylic acid groups (broad SMARTS) is 1. The number of hydrogen-bond donors (Lipinski definition) is 1. The molecule has 0 radical (unpaired) electrons. The average Bonchev–Trinajstić information content (AvgIpc) is 3.05. The van der Waals surface area contributed by atoms with Crippen LogP contribution in [-0.2, 0) is 17.6 Å². The lowest BCUT2D eigenvalue weighted by Gasteiger charge is -2.21. The molecule has 1 aromatic rings. The van der Waals surface area contributed by atoms with Gasteiger partial charge in [-0.3, -0.25) is 4.79 Å². The van der Waals surface area contributed by atoms with Gasteiger partial charge >= 0.3 is 5.97 Å². The summed E-state index contributed by atoms with van der Waals surface area (Å²) in [7, 11) is 0. The zero-order valence-corrected chi connectivity index (χ0v) is 10.8. The maximum absolute atomic E-state index is 12.4. The predicted molar refractivity (Wildman–Crippen MR) is 70.2 cm³/mol. The van der Waals surface area contributed by atoms with E-state index in [0.717, 1.165) is 25.7 Å². The molecule has 100 valence electrons. The molecule has 19 heavy (non-hydrogen) atoms. The van der Waals surface area contributed by atoms with Crippen LogP contribution in [0.25, 0.3) is 0 Å². The Morgan fingerprint density at radius 3 is 2.74 bits per heavy atom. The summed E-state index contributed by atoms with van der Waals surface area (Å²) in [6.07, 6.45) is 4.60. The summed E-state index contributed by atoms with van der Waals surface area (Å²) >= 11 is 0. The number of fused-ring (bicyclic) bond motifs is 1.